The fourth-order valence-electron chi connectivity index (χ4n) is 1.96. The van der Waals surface area contributed by atoms with Crippen molar-refractivity contribution in [1.29, 1.82) is 0 Å². The molecule has 0 aromatic carbocycles. The van der Waals surface area contributed by atoms with Gasteiger partial charge in [-0.15, -0.1) is 11.3 Å². The van der Waals surface area contributed by atoms with Gasteiger partial charge >= 0.3 is 5.97 Å². The van der Waals surface area contributed by atoms with Gasteiger partial charge < -0.3 is 10.0 Å². The Kier molecular flexibility index (Phi) is 4.19. The molecule has 0 aliphatic carbocycles. The number of carboxylic acids is 1. The Labute approximate surface area is 115 Å². The summed E-state index contributed by atoms with van der Waals surface area (Å²) in [5.74, 6) is -1.31. The number of sulfonamides is 1. The van der Waals surface area contributed by atoms with Crippen molar-refractivity contribution in [2.45, 2.75) is 11.1 Å². The molecule has 1 aromatic rings. The number of carboxylic acid groups (broad SMARTS) is 1. The molecule has 0 spiro atoms. The number of hydrogen-bond acceptors (Lipinski definition) is 6. The molecule has 1 aromatic heterocycles. The smallest absolute Gasteiger partial charge is 0.356 e. The van der Waals surface area contributed by atoms with E-state index in [9.17, 15) is 13.2 Å². The molecule has 0 saturated carbocycles. The summed E-state index contributed by atoms with van der Waals surface area (Å²) in [4.78, 5) is 16.7. The minimum absolute atomic E-state index is 0.176. The van der Waals surface area contributed by atoms with Crippen LogP contribution in [0, 0.1) is 0 Å². The van der Waals surface area contributed by atoms with E-state index in [2.05, 4.69) is 9.88 Å². The van der Waals surface area contributed by atoms with Crippen LogP contribution in [0.3, 0.4) is 0 Å². The second-order valence-corrected chi connectivity index (χ2v) is 7.12. The van der Waals surface area contributed by atoms with Crippen LogP contribution in [-0.4, -0.2) is 66.4 Å². The highest BCUT2D eigenvalue weighted by Crippen LogP contribution is 2.25. The van der Waals surface area contributed by atoms with Gasteiger partial charge in [0.05, 0.1) is 5.51 Å². The highest BCUT2D eigenvalue weighted by molar-refractivity contribution is 7.91. The van der Waals surface area contributed by atoms with E-state index in [1.807, 2.05) is 6.92 Å². The first kappa shape index (κ1) is 14.4. The number of rotatable bonds is 4. The molecule has 2 heterocycles. The molecule has 1 N–H and O–H groups in total. The maximum atomic E-state index is 12.4. The zero-order chi connectivity index (χ0) is 14.0. The Bertz CT molecular complexity index is 561. The number of nitrogens with zero attached hydrogens (tertiary/aromatic N) is 3. The van der Waals surface area contributed by atoms with Gasteiger partial charge in [0.1, 0.15) is 0 Å². The standard InChI is InChI=1S/C10H15N3O4S2/c1-2-12-3-5-13(6-4-12)19(16,17)10-8(9(14)15)11-7-18-10/h7H,2-6H2,1H3,(H,14,15). The number of aromatic nitrogens is 1. The first-order valence-electron chi connectivity index (χ1n) is 5.86. The summed E-state index contributed by atoms with van der Waals surface area (Å²) in [7, 11) is -3.74. The zero-order valence-electron chi connectivity index (χ0n) is 10.4. The third kappa shape index (κ3) is 2.78. The summed E-state index contributed by atoms with van der Waals surface area (Å²) >= 11 is 0.850. The Morgan fingerprint density at radius 1 is 1.42 bits per heavy atom. The highest BCUT2D eigenvalue weighted by atomic mass is 32.2. The van der Waals surface area contributed by atoms with Gasteiger partial charge in [0, 0.05) is 26.2 Å². The fraction of sp³-hybridized carbons (Fsp3) is 0.600. The van der Waals surface area contributed by atoms with Crippen LogP contribution in [0.5, 0.6) is 0 Å². The van der Waals surface area contributed by atoms with Crippen molar-refractivity contribution in [3.63, 3.8) is 0 Å². The normalized spacial score (nSPS) is 18.6. The minimum Gasteiger partial charge on any atom is -0.476 e. The van der Waals surface area contributed by atoms with Gasteiger partial charge in [-0.1, -0.05) is 6.92 Å². The van der Waals surface area contributed by atoms with Crippen LogP contribution in [-0.2, 0) is 10.0 Å². The molecule has 106 valence electrons. The monoisotopic (exact) mass is 305 g/mol. The molecular formula is C10H15N3O4S2. The van der Waals surface area contributed by atoms with Crippen molar-refractivity contribution < 1.29 is 18.3 Å². The zero-order valence-corrected chi connectivity index (χ0v) is 12.1. The van der Waals surface area contributed by atoms with Gasteiger partial charge in [0.15, 0.2) is 9.90 Å². The predicted octanol–water partition coefficient (Wildman–Crippen LogP) is 0.167. The molecule has 9 heteroatoms. The van der Waals surface area contributed by atoms with Crippen LogP contribution in [0.15, 0.2) is 9.72 Å². The van der Waals surface area contributed by atoms with E-state index in [4.69, 9.17) is 5.11 Å². The lowest BCUT2D eigenvalue weighted by Crippen LogP contribution is -2.48. The molecular weight excluding hydrogens is 290 g/mol. The lowest BCUT2D eigenvalue weighted by Gasteiger charge is -2.32. The number of piperazine rings is 1. The van der Waals surface area contributed by atoms with Gasteiger partial charge in [-0.05, 0) is 6.54 Å². The Balaban J connectivity index is 2.23. The topological polar surface area (TPSA) is 90.8 Å². The molecule has 0 radical (unpaired) electrons. The molecule has 2 rings (SSSR count). The SMILES string of the molecule is CCN1CCN(S(=O)(=O)c2scnc2C(=O)O)CC1. The van der Waals surface area contributed by atoms with E-state index in [-0.39, 0.29) is 9.90 Å². The van der Waals surface area contributed by atoms with Gasteiger partial charge in [-0.2, -0.15) is 4.31 Å². The lowest BCUT2D eigenvalue weighted by molar-refractivity contribution is 0.0687. The third-order valence-electron chi connectivity index (χ3n) is 3.09. The highest BCUT2D eigenvalue weighted by Gasteiger charge is 2.33. The number of hydrogen-bond donors (Lipinski definition) is 1. The molecule has 1 aliphatic rings. The van der Waals surface area contributed by atoms with Crippen LogP contribution >= 0.6 is 11.3 Å². The van der Waals surface area contributed by atoms with Gasteiger partial charge in [-0.3, -0.25) is 0 Å². The van der Waals surface area contributed by atoms with E-state index in [0.717, 1.165) is 17.9 Å². The van der Waals surface area contributed by atoms with Crippen LogP contribution in [0.4, 0.5) is 0 Å². The van der Waals surface area contributed by atoms with E-state index in [1.54, 1.807) is 0 Å². The van der Waals surface area contributed by atoms with E-state index in [1.165, 1.54) is 9.82 Å². The van der Waals surface area contributed by atoms with E-state index >= 15 is 0 Å². The van der Waals surface area contributed by atoms with Gasteiger partial charge in [0.2, 0.25) is 0 Å². The van der Waals surface area contributed by atoms with Crippen LogP contribution in [0.25, 0.3) is 0 Å². The second-order valence-electron chi connectivity index (χ2n) is 4.13. The summed E-state index contributed by atoms with van der Waals surface area (Å²) in [6, 6.07) is 0. The van der Waals surface area contributed by atoms with Crippen LogP contribution in [0.1, 0.15) is 17.4 Å². The summed E-state index contributed by atoms with van der Waals surface area (Å²) in [5.41, 5.74) is 0.862. The molecule has 0 atom stereocenters. The molecule has 0 bridgehead atoms. The maximum Gasteiger partial charge on any atom is 0.356 e. The van der Waals surface area contributed by atoms with Crippen molar-refractivity contribution in [1.82, 2.24) is 14.2 Å². The average Bonchev–Trinajstić information content (AvgIpc) is 2.89. The fourth-order valence-corrected chi connectivity index (χ4v) is 4.66. The first-order valence-corrected chi connectivity index (χ1v) is 8.18. The lowest BCUT2D eigenvalue weighted by atomic mass is 10.4. The van der Waals surface area contributed by atoms with Crippen LogP contribution in [0.2, 0.25) is 0 Å². The maximum absolute atomic E-state index is 12.4. The summed E-state index contributed by atoms with van der Waals surface area (Å²) < 4.78 is 25.9. The Morgan fingerprint density at radius 3 is 2.58 bits per heavy atom. The summed E-state index contributed by atoms with van der Waals surface area (Å²) in [5, 5.41) is 8.95. The third-order valence-corrected chi connectivity index (χ3v) is 6.34. The minimum atomic E-state index is -3.74. The van der Waals surface area contributed by atoms with Crippen molar-refractivity contribution in [3.05, 3.63) is 11.2 Å². The van der Waals surface area contributed by atoms with E-state index < -0.39 is 16.0 Å². The molecule has 0 amide bonds. The summed E-state index contributed by atoms with van der Waals surface area (Å²) in [6.07, 6.45) is 0. The number of thiazole rings is 1. The van der Waals surface area contributed by atoms with Crippen molar-refractivity contribution in [3.8, 4) is 0 Å². The number of likely N-dealkylation sites (N-methyl/N-ethyl adjacent to an activating group) is 1. The second kappa shape index (κ2) is 5.53. The summed E-state index contributed by atoms with van der Waals surface area (Å²) in [6.45, 7) is 5.00. The van der Waals surface area contributed by atoms with Crippen LogP contribution < -0.4 is 0 Å². The Hall–Kier alpha value is -1.03. The molecule has 0 unspecified atom stereocenters. The van der Waals surface area contributed by atoms with Gasteiger partial charge in [0.25, 0.3) is 10.0 Å². The quantitative estimate of drug-likeness (QED) is 0.852. The van der Waals surface area contributed by atoms with E-state index in [0.29, 0.717) is 26.2 Å². The molecule has 7 nitrogen and oxygen atoms in total. The molecule has 1 fully saturated rings. The average molecular weight is 305 g/mol. The van der Waals surface area contributed by atoms with Crippen molar-refractivity contribution in [2.75, 3.05) is 32.7 Å². The number of carbonyl (C=O) groups is 1. The Morgan fingerprint density at radius 2 is 2.05 bits per heavy atom. The molecule has 1 saturated heterocycles. The first-order chi connectivity index (χ1) is 8.96. The van der Waals surface area contributed by atoms with Gasteiger partial charge in [-0.25, -0.2) is 18.2 Å². The largest absolute Gasteiger partial charge is 0.476 e. The van der Waals surface area contributed by atoms with Crippen molar-refractivity contribution in [2.24, 2.45) is 0 Å². The number of aromatic carboxylic acids is 1. The molecule has 1 aliphatic heterocycles. The molecule has 19 heavy (non-hydrogen) atoms. The van der Waals surface area contributed by atoms with Crippen molar-refractivity contribution >= 4 is 27.3 Å². The predicted molar refractivity (Wildman–Crippen MR) is 69.9 cm³/mol.